The Balaban J connectivity index is 1.73. The fourth-order valence-corrected chi connectivity index (χ4v) is 4.67. The van der Waals surface area contributed by atoms with Crippen LogP contribution >= 0.6 is 0 Å². The molecule has 1 unspecified atom stereocenters. The molecule has 1 saturated heterocycles. The van der Waals surface area contributed by atoms with Crippen molar-refractivity contribution >= 4 is 27.5 Å². The predicted molar refractivity (Wildman–Crippen MR) is 108 cm³/mol. The summed E-state index contributed by atoms with van der Waals surface area (Å²) in [6.07, 6.45) is 9.31. The number of fused-ring (bicyclic) bond motifs is 1. The van der Waals surface area contributed by atoms with Crippen molar-refractivity contribution in [2.75, 3.05) is 19.3 Å². The summed E-state index contributed by atoms with van der Waals surface area (Å²) in [5.41, 5.74) is 2.12. The number of allylic oxidation sites excluding steroid dienone is 3. The van der Waals surface area contributed by atoms with Gasteiger partial charge >= 0.3 is 0 Å². The molecule has 0 radical (unpaired) electrons. The SMILES string of the molecule is CC(C)(C)C1=CC(=O)NC2=CC(=NC(=O)C3CCN(S(C)(=O)=O)CC3)C=CC21. The molecule has 0 saturated carbocycles. The lowest BCUT2D eigenvalue weighted by molar-refractivity contribution is -0.122. The van der Waals surface area contributed by atoms with Gasteiger partial charge in [0.1, 0.15) is 0 Å². The van der Waals surface area contributed by atoms with Crippen molar-refractivity contribution in [3.63, 3.8) is 0 Å². The van der Waals surface area contributed by atoms with Gasteiger partial charge < -0.3 is 5.32 Å². The van der Waals surface area contributed by atoms with Gasteiger partial charge in [0.25, 0.3) is 0 Å². The number of rotatable bonds is 2. The Hall–Kier alpha value is -2.06. The largest absolute Gasteiger partial charge is 0.325 e. The summed E-state index contributed by atoms with van der Waals surface area (Å²) in [6.45, 7) is 6.89. The molecule has 8 heteroatoms. The highest BCUT2D eigenvalue weighted by Crippen LogP contribution is 2.38. The molecule has 2 aliphatic heterocycles. The van der Waals surface area contributed by atoms with Crippen LogP contribution in [0.25, 0.3) is 0 Å². The van der Waals surface area contributed by atoms with Gasteiger partial charge in [-0.05, 0) is 36.0 Å². The first kappa shape index (κ1) is 20.7. The average molecular weight is 406 g/mol. The van der Waals surface area contributed by atoms with Crippen LogP contribution in [0.4, 0.5) is 0 Å². The molecule has 152 valence electrons. The molecule has 0 aromatic heterocycles. The molecule has 1 aliphatic carbocycles. The lowest BCUT2D eigenvalue weighted by Crippen LogP contribution is -2.39. The lowest BCUT2D eigenvalue weighted by atomic mass is 9.74. The van der Waals surface area contributed by atoms with Crippen LogP contribution in [0.3, 0.4) is 0 Å². The van der Waals surface area contributed by atoms with Crippen LogP contribution in [-0.4, -0.2) is 49.6 Å². The van der Waals surface area contributed by atoms with Crippen LogP contribution in [0.2, 0.25) is 0 Å². The molecule has 0 aromatic carbocycles. The summed E-state index contributed by atoms with van der Waals surface area (Å²) in [6, 6.07) is 0. The van der Waals surface area contributed by atoms with Crippen molar-refractivity contribution in [3.05, 3.63) is 35.6 Å². The van der Waals surface area contributed by atoms with Gasteiger partial charge in [0.15, 0.2) is 0 Å². The van der Waals surface area contributed by atoms with Crippen LogP contribution in [0.1, 0.15) is 33.6 Å². The smallest absolute Gasteiger partial charge is 0.249 e. The first-order valence-electron chi connectivity index (χ1n) is 9.45. The number of aliphatic imine (C=N–C) groups is 1. The van der Waals surface area contributed by atoms with E-state index in [2.05, 4.69) is 31.1 Å². The second-order valence-corrected chi connectivity index (χ2v) is 10.6. The van der Waals surface area contributed by atoms with Gasteiger partial charge in [-0.2, -0.15) is 0 Å². The molecular formula is C20H27N3O4S. The number of nitrogens with one attached hydrogen (secondary N) is 1. The van der Waals surface area contributed by atoms with E-state index in [9.17, 15) is 18.0 Å². The monoisotopic (exact) mass is 405 g/mol. The predicted octanol–water partition coefficient (Wildman–Crippen LogP) is 1.80. The minimum absolute atomic E-state index is 0.0234. The van der Waals surface area contributed by atoms with E-state index >= 15 is 0 Å². The normalized spacial score (nSPS) is 25.8. The van der Waals surface area contributed by atoms with Gasteiger partial charge in [0.2, 0.25) is 21.8 Å². The molecule has 0 spiro atoms. The zero-order chi connectivity index (χ0) is 20.7. The third-order valence-electron chi connectivity index (χ3n) is 5.36. The van der Waals surface area contributed by atoms with Crippen LogP contribution in [0.5, 0.6) is 0 Å². The van der Waals surface area contributed by atoms with E-state index < -0.39 is 10.0 Å². The number of hydrogen-bond acceptors (Lipinski definition) is 4. The highest BCUT2D eigenvalue weighted by Gasteiger charge is 2.33. The maximum atomic E-state index is 12.6. The fraction of sp³-hybridized carbons (Fsp3) is 0.550. The molecule has 3 aliphatic rings. The van der Waals surface area contributed by atoms with Gasteiger partial charge in [-0.3, -0.25) is 9.59 Å². The Morgan fingerprint density at radius 3 is 2.43 bits per heavy atom. The molecule has 1 N–H and O–H groups in total. The molecule has 3 rings (SSSR count). The van der Waals surface area contributed by atoms with Crippen LogP contribution < -0.4 is 5.32 Å². The van der Waals surface area contributed by atoms with Crippen LogP contribution in [0, 0.1) is 17.3 Å². The molecule has 2 amide bonds. The van der Waals surface area contributed by atoms with E-state index in [1.54, 1.807) is 12.2 Å². The maximum absolute atomic E-state index is 12.6. The van der Waals surface area contributed by atoms with E-state index in [1.165, 1.54) is 10.6 Å². The summed E-state index contributed by atoms with van der Waals surface area (Å²) >= 11 is 0. The van der Waals surface area contributed by atoms with Crippen LogP contribution in [0.15, 0.2) is 40.6 Å². The topological polar surface area (TPSA) is 95.9 Å². The number of hydrogen-bond donors (Lipinski definition) is 1. The van der Waals surface area contributed by atoms with Gasteiger partial charge in [-0.1, -0.05) is 26.8 Å². The zero-order valence-corrected chi connectivity index (χ0v) is 17.5. The second kappa shape index (κ2) is 7.40. The highest BCUT2D eigenvalue weighted by molar-refractivity contribution is 7.88. The Morgan fingerprint density at radius 1 is 1.21 bits per heavy atom. The minimum atomic E-state index is -3.22. The first-order valence-corrected chi connectivity index (χ1v) is 11.3. The summed E-state index contributed by atoms with van der Waals surface area (Å²) in [4.78, 5) is 28.8. The zero-order valence-electron chi connectivity index (χ0n) is 16.7. The van der Waals surface area contributed by atoms with Crippen molar-refractivity contribution in [2.45, 2.75) is 33.6 Å². The third kappa shape index (κ3) is 4.50. The molecule has 1 fully saturated rings. The Morgan fingerprint density at radius 2 is 1.86 bits per heavy atom. The van der Waals surface area contributed by atoms with E-state index in [0.717, 1.165) is 11.3 Å². The van der Waals surface area contributed by atoms with Crippen molar-refractivity contribution < 1.29 is 18.0 Å². The molecule has 0 aromatic rings. The first-order chi connectivity index (χ1) is 12.9. The minimum Gasteiger partial charge on any atom is -0.325 e. The summed E-state index contributed by atoms with van der Waals surface area (Å²) in [5, 5.41) is 2.85. The third-order valence-corrected chi connectivity index (χ3v) is 6.67. The lowest BCUT2D eigenvalue weighted by Gasteiger charge is -2.34. The second-order valence-electron chi connectivity index (χ2n) is 8.59. The number of amides is 2. The number of nitrogens with zero attached hydrogens (tertiary/aromatic N) is 2. The Labute approximate surface area is 166 Å². The summed E-state index contributed by atoms with van der Waals surface area (Å²) < 4.78 is 24.6. The van der Waals surface area contributed by atoms with Crippen LogP contribution in [-0.2, 0) is 19.6 Å². The average Bonchev–Trinajstić information content (AvgIpc) is 2.59. The summed E-state index contributed by atoms with van der Waals surface area (Å²) in [5.74, 6) is -0.705. The van der Waals surface area contributed by atoms with Crippen molar-refractivity contribution in [2.24, 2.45) is 22.2 Å². The molecular weight excluding hydrogens is 378 g/mol. The number of sulfonamides is 1. The number of carbonyl (C=O) groups is 2. The van der Waals surface area contributed by atoms with Crippen molar-refractivity contribution in [3.8, 4) is 0 Å². The Bertz CT molecular complexity index is 912. The van der Waals surface area contributed by atoms with E-state index in [4.69, 9.17) is 0 Å². The van der Waals surface area contributed by atoms with E-state index in [1.807, 2.05) is 12.2 Å². The fourth-order valence-electron chi connectivity index (χ4n) is 3.80. The van der Waals surface area contributed by atoms with Gasteiger partial charge in [-0.15, -0.1) is 0 Å². The van der Waals surface area contributed by atoms with E-state index in [0.29, 0.717) is 31.6 Å². The summed E-state index contributed by atoms with van der Waals surface area (Å²) in [7, 11) is -3.22. The molecule has 2 heterocycles. The quantitative estimate of drug-likeness (QED) is 0.758. The maximum Gasteiger partial charge on any atom is 0.249 e. The van der Waals surface area contributed by atoms with Gasteiger partial charge in [-0.25, -0.2) is 17.7 Å². The molecule has 7 nitrogen and oxygen atoms in total. The van der Waals surface area contributed by atoms with Crippen molar-refractivity contribution in [1.82, 2.24) is 9.62 Å². The molecule has 0 bridgehead atoms. The van der Waals surface area contributed by atoms with Crippen molar-refractivity contribution in [1.29, 1.82) is 0 Å². The number of carbonyl (C=O) groups excluding carboxylic acids is 2. The standard InChI is InChI=1S/C20H27N3O4S/c1-20(2,3)16-12-18(24)22-17-11-14(5-6-15(16)17)21-19(25)13-7-9-23(10-8-13)28(4,26)27/h5-6,11-13,15H,7-10H2,1-4H3,(H,22,24). The van der Waals surface area contributed by atoms with E-state index in [-0.39, 0.29) is 29.1 Å². The van der Waals surface area contributed by atoms with Gasteiger partial charge in [0.05, 0.1) is 12.0 Å². The molecule has 1 atom stereocenters. The molecule has 28 heavy (non-hydrogen) atoms. The van der Waals surface area contributed by atoms with Gasteiger partial charge in [0, 0.05) is 36.7 Å². The Kier molecular flexibility index (Phi) is 5.46. The highest BCUT2D eigenvalue weighted by atomic mass is 32.2. The number of piperidine rings is 1.